The molecule has 1 aromatic carbocycles. The molecule has 3 heterocycles. The zero-order chi connectivity index (χ0) is 24.0. The fourth-order valence-electron chi connectivity index (χ4n) is 4.30. The zero-order valence-corrected chi connectivity index (χ0v) is 20.8. The summed E-state index contributed by atoms with van der Waals surface area (Å²) in [6.07, 6.45) is 4.57. The molecule has 0 bridgehead atoms. The molecule has 10 heteroatoms. The van der Waals surface area contributed by atoms with Gasteiger partial charge in [0.25, 0.3) is 0 Å². The number of thiophene rings is 1. The maximum atomic E-state index is 13.2. The third kappa shape index (κ3) is 6.04. The van der Waals surface area contributed by atoms with Crippen molar-refractivity contribution in [2.24, 2.45) is 0 Å². The molecule has 2 aliphatic heterocycles. The highest BCUT2D eigenvalue weighted by Crippen LogP contribution is 2.32. The molecule has 4 rings (SSSR count). The van der Waals surface area contributed by atoms with Gasteiger partial charge in [-0.1, -0.05) is 18.9 Å². The zero-order valence-electron chi connectivity index (χ0n) is 19.2. The van der Waals surface area contributed by atoms with Gasteiger partial charge in [-0.3, -0.25) is 9.59 Å². The van der Waals surface area contributed by atoms with Crippen molar-refractivity contribution in [2.45, 2.75) is 43.4 Å². The van der Waals surface area contributed by atoms with Gasteiger partial charge in [-0.2, -0.15) is 4.31 Å². The van der Waals surface area contributed by atoms with Crippen molar-refractivity contribution in [3.8, 4) is 0 Å². The van der Waals surface area contributed by atoms with Crippen LogP contribution in [0, 0.1) is 0 Å². The fourth-order valence-corrected chi connectivity index (χ4v) is 6.43. The van der Waals surface area contributed by atoms with E-state index in [2.05, 4.69) is 10.2 Å². The highest BCUT2D eigenvalue weighted by molar-refractivity contribution is 7.89. The number of nitrogens with one attached hydrogen (secondary N) is 1. The summed E-state index contributed by atoms with van der Waals surface area (Å²) in [5.74, 6) is -0.372. The Balaban J connectivity index is 1.55. The molecule has 34 heavy (non-hydrogen) atoms. The third-order valence-electron chi connectivity index (χ3n) is 6.17. The first-order valence-electron chi connectivity index (χ1n) is 11.8. The van der Waals surface area contributed by atoms with Gasteiger partial charge in [0.05, 0.1) is 34.4 Å². The molecule has 2 saturated heterocycles. The lowest BCUT2D eigenvalue weighted by Gasteiger charge is -2.28. The van der Waals surface area contributed by atoms with E-state index in [4.69, 9.17) is 4.74 Å². The Morgan fingerprint density at radius 2 is 1.71 bits per heavy atom. The highest BCUT2D eigenvalue weighted by Gasteiger charge is 2.28. The van der Waals surface area contributed by atoms with Gasteiger partial charge in [0.15, 0.2) is 5.78 Å². The quantitative estimate of drug-likeness (QED) is 0.549. The van der Waals surface area contributed by atoms with E-state index in [-0.39, 0.29) is 29.4 Å². The lowest BCUT2D eigenvalue weighted by molar-refractivity contribution is -0.116. The van der Waals surface area contributed by atoms with Crippen LogP contribution in [0.3, 0.4) is 0 Å². The Labute approximate surface area is 204 Å². The Morgan fingerprint density at radius 1 is 0.971 bits per heavy atom. The SMILES string of the molecule is O=C(CCC(=O)c1cccs1)Nc1cc(S(=O)(=O)N2CCOCC2)ccc1N1CCCCCC1. The Morgan fingerprint density at radius 3 is 2.38 bits per heavy atom. The van der Waals surface area contributed by atoms with E-state index in [1.54, 1.807) is 24.3 Å². The van der Waals surface area contributed by atoms with Crippen molar-refractivity contribution < 1.29 is 22.7 Å². The van der Waals surface area contributed by atoms with Gasteiger partial charge in [-0.25, -0.2) is 8.42 Å². The lowest BCUT2D eigenvalue weighted by atomic mass is 10.1. The number of carbonyl (C=O) groups is 2. The first-order chi connectivity index (χ1) is 16.4. The molecule has 2 aliphatic rings. The van der Waals surface area contributed by atoms with Crippen LogP contribution in [0.5, 0.6) is 0 Å². The summed E-state index contributed by atoms with van der Waals surface area (Å²) in [4.78, 5) is 28.1. The molecular weight excluding hydrogens is 474 g/mol. The second kappa shape index (κ2) is 11.4. The number of Topliss-reactive ketones (excluding diaryl/α,β-unsaturated/α-hetero) is 1. The van der Waals surface area contributed by atoms with E-state index in [9.17, 15) is 18.0 Å². The monoisotopic (exact) mass is 505 g/mol. The van der Waals surface area contributed by atoms with E-state index in [0.29, 0.717) is 36.9 Å². The first-order valence-corrected chi connectivity index (χ1v) is 14.1. The number of amides is 1. The maximum absolute atomic E-state index is 13.2. The molecular formula is C24H31N3O5S2. The number of carbonyl (C=O) groups excluding carboxylic acids is 2. The van der Waals surface area contributed by atoms with Gasteiger partial charge < -0.3 is 15.0 Å². The van der Waals surface area contributed by atoms with Gasteiger partial charge in [-0.05, 0) is 42.5 Å². The summed E-state index contributed by atoms with van der Waals surface area (Å²) in [7, 11) is -3.70. The molecule has 0 saturated carbocycles. The minimum absolute atomic E-state index is 0.0383. The average Bonchev–Trinajstić information content (AvgIpc) is 3.26. The van der Waals surface area contributed by atoms with Crippen LogP contribution in [0.25, 0.3) is 0 Å². The number of nitrogens with zero attached hydrogens (tertiary/aromatic N) is 2. The Bertz CT molecular complexity index is 1090. The predicted molar refractivity (Wildman–Crippen MR) is 133 cm³/mol. The van der Waals surface area contributed by atoms with Crippen molar-refractivity contribution >= 4 is 44.4 Å². The molecule has 0 atom stereocenters. The third-order valence-corrected chi connectivity index (χ3v) is 8.98. The van der Waals surface area contributed by atoms with Crippen LogP contribution in [-0.4, -0.2) is 63.8 Å². The first kappa shape index (κ1) is 24.8. The number of benzene rings is 1. The summed E-state index contributed by atoms with van der Waals surface area (Å²) >= 11 is 1.36. The minimum Gasteiger partial charge on any atom is -0.379 e. The van der Waals surface area contributed by atoms with Crippen LogP contribution in [0.1, 0.15) is 48.2 Å². The van der Waals surface area contributed by atoms with E-state index in [1.165, 1.54) is 15.6 Å². The van der Waals surface area contributed by atoms with Gasteiger partial charge in [0.2, 0.25) is 15.9 Å². The number of rotatable bonds is 8. The molecule has 0 aliphatic carbocycles. The molecule has 2 fully saturated rings. The van der Waals surface area contributed by atoms with Crippen molar-refractivity contribution in [3.63, 3.8) is 0 Å². The number of ketones is 1. The smallest absolute Gasteiger partial charge is 0.243 e. The van der Waals surface area contributed by atoms with E-state index < -0.39 is 10.0 Å². The van der Waals surface area contributed by atoms with Crippen LogP contribution in [0.2, 0.25) is 0 Å². The number of morpholine rings is 1. The van der Waals surface area contributed by atoms with Gasteiger partial charge in [0.1, 0.15) is 0 Å². The van der Waals surface area contributed by atoms with Crippen LogP contribution < -0.4 is 10.2 Å². The van der Waals surface area contributed by atoms with Crippen molar-refractivity contribution in [1.82, 2.24) is 4.31 Å². The Kier molecular flexibility index (Phi) is 8.36. The summed E-state index contributed by atoms with van der Waals surface area (Å²) in [6.45, 7) is 3.07. The normalized spacial score (nSPS) is 17.8. The largest absolute Gasteiger partial charge is 0.379 e. The van der Waals surface area contributed by atoms with E-state index >= 15 is 0 Å². The maximum Gasteiger partial charge on any atom is 0.243 e. The molecule has 2 aromatic rings. The number of hydrogen-bond acceptors (Lipinski definition) is 7. The molecule has 0 radical (unpaired) electrons. The van der Waals surface area contributed by atoms with E-state index in [1.807, 2.05) is 11.4 Å². The second-order valence-electron chi connectivity index (χ2n) is 8.55. The van der Waals surface area contributed by atoms with Gasteiger partial charge in [-0.15, -0.1) is 11.3 Å². The average molecular weight is 506 g/mol. The fraction of sp³-hybridized carbons (Fsp3) is 0.500. The van der Waals surface area contributed by atoms with E-state index in [0.717, 1.165) is 44.5 Å². The van der Waals surface area contributed by atoms with Gasteiger partial charge in [0, 0.05) is 39.0 Å². The highest BCUT2D eigenvalue weighted by atomic mass is 32.2. The number of anilines is 2. The summed E-state index contributed by atoms with van der Waals surface area (Å²) < 4.78 is 33.1. The standard InChI is InChI=1S/C24H31N3O5S2/c28-22(23-6-5-17-33-23)9-10-24(29)25-20-18-19(34(30,31)27-13-15-32-16-14-27)7-8-21(20)26-11-3-1-2-4-12-26/h5-8,17-18H,1-4,9-16H2,(H,25,29). The van der Waals surface area contributed by atoms with Crippen LogP contribution >= 0.6 is 11.3 Å². The summed E-state index contributed by atoms with van der Waals surface area (Å²) in [6, 6.07) is 8.55. The topological polar surface area (TPSA) is 96.0 Å². The molecule has 0 unspecified atom stereocenters. The molecule has 1 amide bonds. The minimum atomic E-state index is -3.70. The lowest BCUT2D eigenvalue weighted by Crippen LogP contribution is -2.40. The van der Waals surface area contributed by atoms with Crippen LogP contribution in [-0.2, 0) is 19.6 Å². The summed E-state index contributed by atoms with van der Waals surface area (Å²) in [5.41, 5.74) is 1.30. The van der Waals surface area contributed by atoms with Crippen molar-refractivity contribution in [1.29, 1.82) is 0 Å². The second-order valence-corrected chi connectivity index (χ2v) is 11.4. The predicted octanol–water partition coefficient (Wildman–Crippen LogP) is 3.75. The van der Waals surface area contributed by atoms with Crippen LogP contribution in [0.4, 0.5) is 11.4 Å². The van der Waals surface area contributed by atoms with Gasteiger partial charge >= 0.3 is 0 Å². The van der Waals surface area contributed by atoms with Crippen molar-refractivity contribution in [2.75, 3.05) is 49.6 Å². The molecule has 1 aromatic heterocycles. The number of hydrogen-bond donors (Lipinski definition) is 1. The van der Waals surface area contributed by atoms with Crippen LogP contribution in [0.15, 0.2) is 40.6 Å². The number of sulfonamides is 1. The Hall–Kier alpha value is -2.27. The molecule has 1 N–H and O–H groups in total. The molecule has 8 nitrogen and oxygen atoms in total. The number of ether oxygens (including phenoxy) is 1. The molecule has 184 valence electrons. The summed E-state index contributed by atoms with van der Waals surface area (Å²) in [5, 5.41) is 4.74. The van der Waals surface area contributed by atoms with Crippen molar-refractivity contribution in [3.05, 3.63) is 40.6 Å². The molecule has 0 spiro atoms.